The number of hydrogen-bond acceptors (Lipinski definition) is 1. The van der Waals surface area contributed by atoms with Crippen LogP contribution in [0.3, 0.4) is 0 Å². The zero-order valence-corrected chi connectivity index (χ0v) is 22.8. The summed E-state index contributed by atoms with van der Waals surface area (Å²) in [5.41, 5.74) is 12.2. The SMILES string of the molecule is C=C\C=C/C(C(/C)=C\C=C)=C(/C)C1=CC2C=C(C=C1)N(C1=C(C)CCC=C1)C(=C)C(C)=C2/C=C\CC. The average Bonchev–Trinajstić information content (AvgIpc) is 3.13. The highest BCUT2D eigenvalue weighted by molar-refractivity contribution is 5.59. The summed E-state index contributed by atoms with van der Waals surface area (Å²) >= 11 is 0. The molecule has 0 amide bonds. The van der Waals surface area contributed by atoms with Crippen molar-refractivity contribution in [3.05, 3.63) is 155 Å². The van der Waals surface area contributed by atoms with Gasteiger partial charge in [0.1, 0.15) is 0 Å². The highest BCUT2D eigenvalue weighted by Gasteiger charge is 2.27. The zero-order valence-electron chi connectivity index (χ0n) is 22.8. The maximum atomic E-state index is 4.58. The lowest BCUT2D eigenvalue weighted by atomic mass is 9.88. The van der Waals surface area contributed by atoms with E-state index in [1.54, 1.807) is 0 Å². The van der Waals surface area contributed by atoms with Crippen molar-refractivity contribution in [3.63, 3.8) is 0 Å². The second-order valence-electron chi connectivity index (χ2n) is 9.57. The van der Waals surface area contributed by atoms with E-state index in [1.807, 2.05) is 18.2 Å². The Morgan fingerprint density at radius 2 is 1.86 bits per heavy atom. The number of rotatable bonds is 8. The van der Waals surface area contributed by atoms with E-state index < -0.39 is 0 Å². The molecule has 0 aromatic carbocycles. The van der Waals surface area contributed by atoms with Crippen LogP contribution in [0.4, 0.5) is 0 Å². The second-order valence-corrected chi connectivity index (χ2v) is 9.57. The van der Waals surface area contributed by atoms with Gasteiger partial charge in [0, 0.05) is 23.0 Å². The van der Waals surface area contributed by atoms with Gasteiger partial charge in [-0.3, -0.25) is 0 Å². The fourth-order valence-electron chi connectivity index (χ4n) is 4.97. The maximum Gasteiger partial charge on any atom is 0.0447 e. The highest BCUT2D eigenvalue weighted by atomic mass is 15.2. The number of allylic oxidation sites excluding steroid dienone is 20. The van der Waals surface area contributed by atoms with Gasteiger partial charge in [-0.2, -0.15) is 0 Å². The molecule has 186 valence electrons. The summed E-state index contributed by atoms with van der Waals surface area (Å²) in [5.74, 6) is 0.145. The molecule has 3 rings (SSSR count). The molecule has 1 unspecified atom stereocenters. The molecule has 0 saturated heterocycles. The first kappa shape index (κ1) is 27.0. The van der Waals surface area contributed by atoms with Gasteiger partial charge in [0.15, 0.2) is 0 Å². The Morgan fingerprint density at radius 3 is 2.53 bits per heavy atom. The van der Waals surface area contributed by atoms with Gasteiger partial charge in [0.25, 0.3) is 0 Å². The summed E-state index contributed by atoms with van der Waals surface area (Å²) < 4.78 is 0. The summed E-state index contributed by atoms with van der Waals surface area (Å²) in [5, 5.41) is 0. The third-order valence-corrected chi connectivity index (χ3v) is 7.10. The monoisotopic (exact) mass is 475 g/mol. The molecule has 1 heterocycles. The van der Waals surface area contributed by atoms with Gasteiger partial charge < -0.3 is 4.90 Å². The van der Waals surface area contributed by atoms with Crippen molar-refractivity contribution in [2.75, 3.05) is 0 Å². The average molecular weight is 476 g/mol. The van der Waals surface area contributed by atoms with Crippen LogP contribution >= 0.6 is 0 Å². The van der Waals surface area contributed by atoms with Crippen LogP contribution in [0.25, 0.3) is 0 Å². The van der Waals surface area contributed by atoms with Crippen LogP contribution in [0.1, 0.15) is 53.9 Å². The molecule has 0 N–H and O–H groups in total. The summed E-state index contributed by atoms with van der Waals surface area (Å²) in [6, 6.07) is 0. The highest BCUT2D eigenvalue weighted by Crippen LogP contribution is 2.40. The van der Waals surface area contributed by atoms with E-state index in [1.165, 1.54) is 50.4 Å². The molecule has 0 saturated carbocycles. The lowest BCUT2D eigenvalue weighted by molar-refractivity contribution is 0.556. The van der Waals surface area contributed by atoms with Crippen molar-refractivity contribution in [3.8, 4) is 0 Å². The minimum Gasteiger partial charge on any atom is -0.311 e. The lowest BCUT2D eigenvalue weighted by Crippen LogP contribution is -2.22. The summed E-state index contributed by atoms with van der Waals surface area (Å²) in [4.78, 5) is 2.35. The standard InChI is InChI=1S/C35H41N/c1-9-12-18-33(25(4)16-11-3)28(7)30-21-22-32-24-31(23-30)34(19-13-10-2)27(6)29(8)36(32)35-20-15-14-17-26(35)5/h9,11-13,15-16,18-24,31H,1,3,8,10,14,17H2,2,4-7H3/b18-12-,19-13-,25-16-,33-28+. The van der Waals surface area contributed by atoms with Gasteiger partial charge in [0.05, 0.1) is 0 Å². The predicted molar refractivity (Wildman–Crippen MR) is 159 cm³/mol. The van der Waals surface area contributed by atoms with E-state index >= 15 is 0 Å². The van der Waals surface area contributed by atoms with E-state index in [0.717, 1.165) is 25.0 Å². The molecule has 2 bridgehead atoms. The Bertz CT molecular complexity index is 1240. The van der Waals surface area contributed by atoms with Crippen molar-refractivity contribution in [1.29, 1.82) is 0 Å². The van der Waals surface area contributed by atoms with Crippen molar-refractivity contribution in [2.45, 2.75) is 53.9 Å². The molecule has 0 radical (unpaired) electrons. The molecule has 0 spiro atoms. The normalized spacial score (nSPS) is 21.6. The largest absolute Gasteiger partial charge is 0.311 e. The minimum atomic E-state index is 0.145. The molecule has 2 aliphatic carbocycles. The first-order valence-electron chi connectivity index (χ1n) is 13.0. The number of fused-ring (bicyclic) bond motifs is 1. The van der Waals surface area contributed by atoms with Crippen LogP contribution in [-0.2, 0) is 0 Å². The van der Waals surface area contributed by atoms with Crippen LogP contribution < -0.4 is 0 Å². The fraction of sp³-hybridized carbons (Fsp3) is 0.257. The molecule has 36 heavy (non-hydrogen) atoms. The lowest BCUT2D eigenvalue weighted by Gasteiger charge is -2.31. The maximum absolute atomic E-state index is 4.58. The third-order valence-electron chi connectivity index (χ3n) is 7.10. The van der Waals surface area contributed by atoms with Gasteiger partial charge in [0.2, 0.25) is 0 Å². The van der Waals surface area contributed by atoms with E-state index in [2.05, 4.69) is 120 Å². The van der Waals surface area contributed by atoms with Gasteiger partial charge in [-0.15, -0.1) is 0 Å². The van der Waals surface area contributed by atoms with E-state index in [-0.39, 0.29) is 5.92 Å². The Kier molecular flexibility index (Phi) is 9.31. The second kappa shape index (κ2) is 12.4. The van der Waals surface area contributed by atoms with Crippen LogP contribution in [0, 0.1) is 5.92 Å². The minimum absolute atomic E-state index is 0.145. The van der Waals surface area contributed by atoms with Crippen molar-refractivity contribution in [1.82, 2.24) is 4.90 Å². The molecule has 0 fully saturated rings. The molecular formula is C35H41N. The van der Waals surface area contributed by atoms with Gasteiger partial charge in [-0.05, 0) is 104 Å². The van der Waals surface area contributed by atoms with E-state index in [4.69, 9.17) is 0 Å². The molecule has 1 atom stereocenters. The molecule has 1 aliphatic heterocycles. The van der Waals surface area contributed by atoms with Crippen LogP contribution in [0.15, 0.2) is 155 Å². The summed E-state index contributed by atoms with van der Waals surface area (Å²) in [6.07, 6.45) is 31.4. The topological polar surface area (TPSA) is 3.24 Å². The smallest absolute Gasteiger partial charge is 0.0447 e. The molecule has 1 heteroatoms. The van der Waals surface area contributed by atoms with Crippen molar-refractivity contribution in [2.24, 2.45) is 5.92 Å². The molecular weight excluding hydrogens is 434 g/mol. The van der Waals surface area contributed by atoms with Crippen molar-refractivity contribution >= 4 is 0 Å². The summed E-state index contributed by atoms with van der Waals surface area (Å²) in [6.45, 7) is 23.3. The molecule has 0 aromatic rings. The van der Waals surface area contributed by atoms with Crippen molar-refractivity contribution < 1.29 is 0 Å². The number of nitrogens with zero attached hydrogens (tertiary/aromatic N) is 1. The Labute approximate surface area is 219 Å². The van der Waals surface area contributed by atoms with Crippen LogP contribution in [-0.4, -0.2) is 4.90 Å². The summed E-state index contributed by atoms with van der Waals surface area (Å²) in [7, 11) is 0. The van der Waals surface area contributed by atoms with E-state index in [9.17, 15) is 0 Å². The Balaban J connectivity index is 2.26. The van der Waals surface area contributed by atoms with Gasteiger partial charge >= 0.3 is 0 Å². The van der Waals surface area contributed by atoms with Crippen LogP contribution in [0.2, 0.25) is 0 Å². The predicted octanol–water partition coefficient (Wildman–Crippen LogP) is 9.91. The fourth-order valence-corrected chi connectivity index (χ4v) is 4.97. The molecule has 3 aliphatic rings. The first-order valence-corrected chi connectivity index (χ1v) is 13.0. The van der Waals surface area contributed by atoms with Gasteiger partial charge in [-0.25, -0.2) is 0 Å². The number of hydrogen-bond donors (Lipinski definition) is 0. The quantitative estimate of drug-likeness (QED) is 0.316. The molecule has 1 nitrogen and oxygen atoms in total. The third kappa shape index (κ3) is 5.79. The Morgan fingerprint density at radius 1 is 1.08 bits per heavy atom. The van der Waals surface area contributed by atoms with Gasteiger partial charge in [-0.1, -0.05) is 87.4 Å². The molecule has 0 aromatic heterocycles. The Hall–Kier alpha value is -3.58. The van der Waals surface area contributed by atoms with Crippen LogP contribution in [0.5, 0.6) is 0 Å². The van der Waals surface area contributed by atoms with E-state index in [0.29, 0.717) is 0 Å². The first-order chi connectivity index (χ1) is 17.3. The zero-order chi connectivity index (χ0) is 26.2.